The van der Waals surface area contributed by atoms with E-state index in [0.29, 0.717) is 0 Å². The minimum Gasteiger partial charge on any atom is -0.246 e. The van der Waals surface area contributed by atoms with Gasteiger partial charge in [0.1, 0.15) is 0 Å². The lowest BCUT2D eigenvalue weighted by atomic mass is 9.80. The second kappa shape index (κ2) is 12.8. The predicted octanol–water partition coefficient (Wildman–Crippen LogP) is 12.8. The van der Waals surface area contributed by atoms with Crippen molar-refractivity contribution in [2.45, 2.75) is 0 Å². The second-order valence-corrected chi connectivity index (χ2v) is 12.5. The lowest BCUT2D eigenvalue weighted by Crippen LogP contribution is -2.01. The molecule has 2 heteroatoms. The maximum Gasteiger partial charge on any atom is 0.0978 e. The number of hydrogen-bond acceptors (Lipinski definition) is 2. The summed E-state index contributed by atoms with van der Waals surface area (Å²) in [5, 5.41) is 2.22. The van der Waals surface area contributed by atoms with Crippen molar-refractivity contribution in [2.75, 3.05) is 0 Å². The molecular formula is C48H32N2. The summed E-state index contributed by atoms with van der Waals surface area (Å²) in [6.45, 7) is 0. The van der Waals surface area contributed by atoms with E-state index in [4.69, 9.17) is 9.97 Å². The van der Waals surface area contributed by atoms with Crippen molar-refractivity contribution < 1.29 is 0 Å². The van der Waals surface area contributed by atoms with Gasteiger partial charge in [-0.25, -0.2) is 9.97 Å². The number of hydrogen-bond donors (Lipinski definition) is 0. The van der Waals surface area contributed by atoms with Crippen LogP contribution in [-0.2, 0) is 0 Å². The predicted molar refractivity (Wildman–Crippen MR) is 210 cm³/mol. The molecule has 0 aliphatic rings. The Kier molecular flexibility index (Phi) is 7.53. The first-order valence-corrected chi connectivity index (χ1v) is 17.0. The Balaban J connectivity index is 1.54. The summed E-state index contributed by atoms with van der Waals surface area (Å²) >= 11 is 0. The van der Waals surface area contributed by atoms with Gasteiger partial charge in [-0.1, -0.05) is 176 Å². The molecule has 9 rings (SSSR count). The van der Waals surface area contributed by atoms with Crippen LogP contribution in [0.15, 0.2) is 194 Å². The number of pyridine rings is 2. The third-order valence-corrected chi connectivity index (χ3v) is 9.45. The van der Waals surface area contributed by atoms with E-state index in [1.807, 2.05) is 6.07 Å². The van der Waals surface area contributed by atoms with Crippen molar-refractivity contribution in [2.24, 2.45) is 0 Å². The molecule has 0 unspecified atom stereocenters. The molecule has 0 fully saturated rings. The molecule has 2 nitrogen and oxygen atoms in total. The molecule has 7 aromatic carbocycles. The highest BCUT2D eigenvalue weighted by Crippen LogP contribution is 2.51. The van der Waals surface area contributed by atoms with E-state index in [9.17, 15) is 0 Å². The number of aromatic nitrogens is 2. The van der Waals surface area contributed by atoms with Gasteiger partial charge in [-0.3, -0.25) is 0 Å². The van der Waals surface area contributed by atoms with Crippen LogP contribution in [0, 0.1) is 0 Å². The van der Waals surface area contributed by atoms with Crippen LogP contribution in [0.1, 0.15) is 0 Å². The van der Waals surface area contributed by atoms with Crippen LogP contribution in [0.4, 0.5) is 0 Å². The zero-order chi connectivity index (χ0) is 33.3. The van der Waals surface area contributed by atoms with Gasteiger partial charge in [0.15, 0.2) is 0 Å². The third kappa shape index (κ3) is 5.24. The largest absolute Gasteiger partial charge is 0.246 e. The Hall–Kier alpha value is -6.64. The van der Waals surface area contributed by atoms with Crippen molar-refractivity contribution in [3.8, 4) is 67.0 Å². The summed E-state index contributed by atoms with van der Waals surface area (Å²) in [6.07, 6.45) is 0. The molecule has 0 saturated carbocycles. The van der Waals surface area contributed by atoms with Gasteiger partial charge >= 0.3 is 0 Å². The average molecular weight is 637 g/mol. The van der Waals surface area contributed by atoms with E-state index in [-0.39, 0.29) is 0 Å². The highest BCUT2D eigenvalue weighted by atomic mass is 14.8. The van der Waals surface area contributed by atoms with E-state index >= 15 is 0 Å². The van der Waals surface area contributed by atoms with Gasteiger partial charge in [0.2, 0.25) is 0 Å². The average Bonchev–Trinajstić information content (AvgIpc) is 3.21. The van der Waals surface area contributed by atoms with Crippen LogP contribution in [0.2, 0.25) is 0 Å². The summed E-state index contributed by atoms with van der Waals surface area (Å²) < 4.78 is 0. The second-order valence-electron chi connectivity index (χ2n) is 12.5. The molecule has 50 heavy (non-hydrogen) atoms. The normalized spacial score (nSPS) is 11.2. The van der Waals surface area contributed by atoms with Crippen molar-refractivity contribution in [3.63, 3.8) is 0 Å². The maximum absolute atomic E-state index is 5.66. The molecule has 2 aromatic heterocycles. The Morgan fingerprint density at radius 3 is 1.30 bits per heavy atom. The first-order chi connectivity index (χ1) is 24.8. The molecule has 2 heterocycles. The highest BCUT2D eigenvalue weighted by Gasteiger charge is 2.26. The summed E-state index contributed by atoms with van der Waals surface area (Å²) in [6, 6.07) is 68.6. The fourth-order valence-corrected chi connectivity index (χ4v) is 7.24. The Morgan fingerprint density at radius 1 is 0.300 bits per heavy atom. The quantitative estimate of drug-likeness (QED) is 0.181. The zero-order valence-corrected chi connectivity index (χ0v) is 27.4. The molecule has 0 saturated heterocycles. The van der Waals surface area contributed by atoms with Crippen molar-refractivity contribution in [3.05, 3.63) is 194 Å². The Labute approximate surface area is 292 Å². The number of para-hydroxylation sites is 1. The van der Waals surface area contributed by atoms with Crippen molar-refractivity contribution in [1.29, 1.82) is 0 Å². The van der Waals surface area contributed by atoms with Gasteiger partial charge in [-0.15, -0.1) is 0 Å². The van der Waals surface area contributed by atoms with Crippen LogP contribution >= 0.6 is 0 Å². The topological polar surface area (TPSA) is 25.8 Å². The molecule has 0 amide bonds. The molecule has 0 N–H and O–H groups in total. The first kappa shape index (κ1) is 29.5. The van der Waals surface area contributed by atoms with Crippen LogP contribution in [0.3, 0.4) is 0 Å². The van der Waals surface area contributed by atoms with Gasteiger partial charge in [0.05, 0.1) is 22.4 Å². The fraction of sp³-hybridized carbons (Fsp3) is 0. The third-order valence-electron chi connectivity index (χ3n) is 9.45. The summed E-state index contributed by atoms with van der Waals surface area (Å²) in [5.41, 5.74) is 14.9. The zero-order valence-electron chi connectivity index (χ0n) is 27.4. The standard InChI is InChI=1S/C48H32N2/c1-6-18-33(19-7-1)39-32-42-47(44(36-23-10-3-11-24-36)43(39)35-21-8-2-9-22-35)45(37-25-12-4-13-26-37)46(38-27-14-5-15-28-38)48(50-42)41-31-30-34-20-16-17-29-40(34)49-41/h1-32H. The van der Waals surface area contributed by atoms with Gasteiger partial charge < -0.3 is 0 Å². The number of benzene rings is 7. The summed E-state index contributed by atoms with van der Waals surface area (Å²) in [4.78, 5) is 10.9. The SMILES string of the molecule is c1ccc(-c2cc3nc(-c4ccc5ccccc5n4)c(-c4ccccc4)c(-c4ccccc4)c3c(-c3ccccc3)c2-c2ccccc2)cc1. The van der Waals surface area contributed by atoms with Crippen LogP contribution < -0.4 is 0 Å². The Bertz CT molecular complexity index is 2600. The molecule has 0 radical (unpaired) electrons. The first-order valence-electron chi connectivity index (χ1n) is 17.0. The summed E-state index contributed by atoms with van der Waals surface area (Å²) in [5.74, 6) is 0. The van der Waals surface area contributed by atoms with Crippen LogP contribution in [0.25, 0.3) is 88.8 Å². The molecule has 9 aromatic rings. The molecular weight excluding hydrogens is 605 g/mol. The van der Waals surface area contributed by atoms with Crippen LogP contribution in [0.5, 0.6) is 0 Å². The minimum absolute atomic E-state index is 0.844. The van der Waals surface area contributed by atoms with Gasteiger partial charge in [-0.2, -0.15) is 0 Å². The molecule has 0 aliphatic carbocycles. The molecule has 0 aliphatic heterocycles. The van der Waals surface area contributed by atoms with Crippen molar-refractivity contribution in [1.82, 2.24) is 9.97 Å². The maximum atomic E-state index is 5.66. The van der Waals surface area contributed by atoms with Gasteiger partial charge in [0, 0.05) is 27.5 Å². The number of rotatable bonds is 6. The molecule has 0 spiro atoms. The van der Waals surface area contributed by atoms with E-state index in [1.54, 1.807) is 0 Å². The molecule has 0 bridgehead atoms. The van der Waals surface area contributed by atoms with Gasteiger partial charge in [-0.05, 0) is 57.1 Å². The molecule has 234 valence electrons. The van der Waals surface area contributed by atoms with E-state index in [1.165, 1.54) is 5.56 Å². The van der Waals surface area contributed by atoms with Crippen molar-refractivity contribution >= 4 is 21.8 Å². The lowest BCUT2D eigenvalue weighted by molar-refractivity contribution is 1.32. The van der Waals surface area contributed by atoms with E-state index < -0.39 is 0 Å². The fourth-order valence-electron chi connectivity index (χ4n) is 7.24. The van der Waals surface area contributed by atoms with E-state index in [0.717, 1.165) is 83.3 Å². The van der Waals surface area contributed by atoms with Gasteiger partial charge in [0.25, 0.3) is 0 Å². The summed E-state index contributed by atoms with van der Waals surface area (Å²) in [7, 11) is 0. The van der Waals surface area contributed by atoms with Crippen LogP contribution in [-0.4, -0.2) is 9.97 Å². The lowest BCUT2D eigenvalue weighted by Gasteiger charge is -2.24. The highest BCUT2D eigenvalue weighted by molar-refractivity contribution is 6.18. The number of fused-ring (bicyclic) bond motifs is 2. The number of nitrogens with zero attached hydrogens (tertiary/aromatic N) is 2. The Morgan fingerprint density at radius 2 is 0.740 bits per heavy atom. The van der Waals surface area contributed by atoms with E-state index in [2.05, 4.69) is 188 Å². The molecule has 0 atom stereocenters. The minimum atomic E-state index is 0.844. The smallest absolute Gasteiger partial charge is 0.0978 e. The monoisotopic (exact) mass is 636 g/mol.